The number of H-pyrrole nitrogens is 1. The second-order valence-electron chi connectivity index (χ2n) is 4.41. The van der Waals surface area contributed by atoms with Gasteiger partial charge in [0, 0.05) is 11.9 Å². The van der Waals surface area contributed by atoms with Gasteiger partial charge in [-0.1, -0.05) is 26.0 Å². The SMILES string of the molecule is CCOc1ccccc1-n1c(C(C)C)c[nH]c1=S. The molecule has 0 unspecified atom stereocenters. The van der Waals surface area contributed by atoms with Gasteiger partial charge in [0.05, 0.1) is 12.3 Å². The highest BCUT2D eigenvalue weighted by Crippen LogP contribution is 2.27. The number of imidazole rings is 1. The van der Waals surface area contributed by atoms with Crippen molar-refractivity contribution in [1.29, 1.82) is 0 Å². The first-order valence-electron chi connectivity index (χ1n) is 6.17. The molecule has 2 rings (SSSR count). The van der Waals surface area contributed by atoms with E-state index in [1.54, 1.807) is 0 Å². The minimum atomic E-state index is 0.396. The van der Waals surface area contributed by atoms with E-state index in [0.717, 1.165) is 17.1 Å². The summed E-state index contributed by atoms with van der Waals surface area (Å²) in [5.74, 6) is 1.25. The molecular formula is C14H18N2OS. The summed E-state index contributed by atoms with van der Waals surface area (Å²) in [6.07, 6.45) is 1.97. The van der Waals surface area contributed by atoms with Gasteiger partial charge in [-0.2, -0.15) is 0 Å². The maximum absolute atomic E-state index is 5.67. The van der Waals surface area contributed by atoms with Gasteiger partial charge < -0.3 is 9.72 Å². The maximum atomic E-state index is 5.67. The van der Waals surface area contributed by atoms with E-state index in [-0.39, 0.29) is 0 Å². The Hall–Kier alpha value is -1.55. The summed E-state index contributed by atoms with van der Waals surface area (Å²) in [5.41, 5.74) is 2.15. The van der Waals surface area contributed by atoms with Crippen LogP contribution in [0.25, 0.3) is 5.69 Å². The first-order valence-corrected chi connectivity index (χ1v) is 6.58. The van der Waals surface area contributed by atoms with Crippen molar-refractivity contribution in [2.24, 2.45) is 0 Å². The van der Waals surface area contributed by atoms with Crippen LogP contribution in [0.4, 0.5) is 0 Å². The number of aromatic amines is 1. The van der Waals surface area contributed by atoms with Crippen molar-refractivity contribution < 1.29 is 4.74 Å². The van der Waals surface area contributed by atoms with E-state index in [0.29, 0.717) is 17.3 Å². The molecule has 1 heterocycles. The Morgan fingerprint density at radius 1 is 1.33 bits per heavy atom. The second kappa shape index (κ2) is 5.40. The highest BCUT2D eigenvalue weighted by molar-refractivity contribution is 7.71. The second-order valence-corrected chi connectivity index (χ2v) is 4.80. The van der Waals surface area contributed by atoms with Crippen LogP contribution in [0.5, 0.6) is 5.75 Å². The van der Waals surface area contributed by atoms with Gasteiger partial charge in [-0.25, -0.2) is 0 Å². The van der Waals surface area contributed by atoms with Gasteiger partial charge in [0.2, 0.25) is 0 Å². The first-order chi connectivity index (χ1) is 8.65. The number of benzene rings is 1. The lowest BCUT2D eigenvalue weighted by atomic mass is 10.1. The maximum Gasteiger partial charge on any atom is 0.182 e. The zero-order chi connectivity index (χ0) is 13.1. The Labute approximate surface area is 112 Å². The molecule has 0 aliphatic heterocycles. The molecule has 18 heavy (non-hydrogen) atoms. The number of rotatable bonds is 4. The Morgan fingerprint density at radius 3 is 2.72 bits per heavy atom. The molecule has 0 saturated carbocycles. The molecule has 4 heteroatoms. The fourth-order valence-electron chi connectivity index (χ4n) is 1.97. The number of para-hydroxylation sites is 2. The quantitative estimate of drug-likeness (QED) is 0.842. The van der Waals surface area contributed by atoms with Crippen LogP contribution < -0.4 is 4.74 Å². The molecule has 3 nitrogen and oxygen atoms in total. The normalized spacial score (nSPS) is 10.9. The van der Waals surface area contributed by atoms with Crippen LogP contribution in [0.2, 0.25) is 0 Å². The molecule has 1 N–H and O–H groups in total. The first kappa shape index (κ1) is 12.9. The summed E-state index contributed by atoms with van der Waals surface area (Å²) < 4.78 is 8.42. The molecule has 0 saturated heterocycles. The lowest BCUT2D eigenvalue weighted by Crippen LogP contribution is -2.05. The van der Waals surface area contributed by atoms with Crippen molar-refractivity contribution in [3.05, 3.63) is 40.9 Å². The fourth-order valence-corrected chi connectivity index (χ4v) is 2.24. The lowest BCUT2D eigenvalue weighted by Gasteiger charge is -2.15. The summed E-state index contributed by atoms with van der Waals surface area (Å²) in [6.45, 7) is 6.93. The van der Waals surface area contributed by atoms with Crippen LogP contribution >= 0.6 is 12.2 Å². The monoisotopic (exact) mass is 262 g/mol. The number of hydrogen-bond donors (Lipinski definition) is 1. The Balaban J connectivity index is 2.61. The van der Waals surface area contributed by atoms with Crippen LogP contribution in [-0.2, 0) is 0 Å². The smallest absolute Gasteiger partial charge is 0.182 e. The summed E-state index contributed by atoms with van der Waals surface area (Å²) in [6, 6.07) is 7.97. The van der Waals surface area contributed by atoms with Gasteiger partial charge in [0.25, 0.3) is 0 Å². The molecule has 1 aromatic heterocycles. The topological polar surface area (TPSA) is 29.9 Å². The standard InChI is InChI=1S/C14H18N2OS/c1-4-17-13-8-6-5-7-11(13)16-12(10(2)3)9-15-14(16)18/h5-10H,4H2,1-3H3,(H,15,18). The van der Waals surface area contributed by atoms with Crippen LogP contribution in [-0.4, -0.2) is 16.2 Å². The third kappa shape index (κ3) is 2.34. The molecule has 0 aliphatic rings. The molecule has 2 aromatic rings. The van der Waals surface area contributed by atoms with Crippen LogP contribution in [0.1, 0.15) is 32.4 Å². The molecule has 0 aliphatic carbocycles. The summed E-state index contributed by atoms with van der Waals surface area (Å²) >= 11 is 5.37. The zero-order valence-electron chi connectivity index (χ0n) is 10.9. The van der Waals surface area contributed by atoms with Gasteiger partial charge in [0.15, 0.2) is 4.77 Å². The summed E-state index contributed by atoms with van der Waals surface area (Å²) in [7, 11) is 0. The fraction of sp³-hybridized carbons (Fsp3) is 0.357. The van der Waals surface area contributed by atoms with Gasteiger partial charge in [-0.3, -0.25) is 4.57 Å². The number of nitrogens with one attached hydrogen (secondary N) is 1. The van der Waals surface area contributed by atoms with E-state index >= 15 is 0 Å². The van der Waals surface area contributed by atoms with Crippen molar-refractivity contribution in [1.82, 2.24) is 9.55 Å². The summed E-state index contributed by atoms with van der Waals surface area (Å²) in [5, 5.41) is 0. The van der Waals surface area contributed by atoms with Gasteiger partial charge >= 0.3 is 0 Å². The van der Waals surface area contributed by atoms with Crippen molar-refractivity contribution in [3.8, 4) is 11.4 Å². The number of hydrogen-bond acceptors (Lipinski definition) is 2. The zero-order valence-corrected chi connectivity index (χ0v) is 11.8. The molecule has 0 atom stereocenters. The molecular weight excluding hydrogens is 244 g/mol. The van der Waals surface area contributed by atoms with Gasteiger partial charge in [-0.15, -0.1) is 0 Å². The van der Waals surface area contributed by atoms with Crippen LogP contribution in [0.3, 0.4) is 0 Å². The molecule has 0 amide bonds. The van der Waals surface area contributed by atoms with E-state index in [1.807, 2.05) is 42.0 Å². The predicted molar refractivity (Wildman–Crippen MR) is 76.2 cm³/mol. The van der Waals surface area contributed by atoms with E-state index in [4.69, 9.17) is 17.0 Å². The molecule has 0 bridgehead atoms. The highest BCUT2D eigenvalue weighted by Gasteiger charge is 2.13. The van der Waals surface area contributed by atoms with Crippen LogP contribution in [0, 0.1) is 4.77 Å². The lowest BCUT2D eigenvalue weighted by molar-refractivity contribution is 0.339. The largest absolute Gasteiger partial charge is 0.492 e. The van der Waals surface area contributed by atoms with Crippen LogP contribution in [0.15, 0.2) is 30.5 Å². The molecule has 0 fully saturated rings. The summed E-state index contributed by atoms with van der Waals surface area (Å²) in [4.78, 5) is 3.11. The third-order valence-electron chi connectivity index (χ3n) is 2.80. The van der Waals surface area contributed by atoms with Crippen molar-refractivity contribution in [3.63, 3.8) is 0 Å². The van der Waals surface area contributed by atoms with E-state index in [9.17, 15) is 0 Å². The van der Waals surface area contributed by atoms with Gasteiger partial charge in [-0.05, 0) is 37.2 Å². The van der Waals surface area contributed by atoms with Crippen molar-refractivity contribution in [2.45, 2.75) is 26.7 Å². The minimum absolute atomic E-state index is 0.396. The Morgan fingerprint density at radius 2 is 2.06 bits per heavy atom. The molecule has 0 radical (unpaired) electrons. The van der Waals surface area contributed by atoms with Crippen molar-refractivity contribution >= 4 is 12.2 Å². The molecule has 0 spiro atoms. The predicted octanol–water partition coefficient (Wildman–Crippen LogP) is 4.06. The van der Waals surface area contributed by atoms with E-state index < -0.39 is 0 Å². The van der Waals surface area contributed by atoms with Crippen molar-refractivity contribution in [2.75, 3.05) is 6.61 Å². The van der Waals surface area contributed by atoms with E-state index in [2.05, 4.69) is 18.8 Å². The minimum Gasteiger partial charge on any atom is -0.492 e. The third-order valence-corrected chi connectivity index (χ3v) is 3.10. The number of ether oxygens (including phenoxy) is 1. The average molecular weight is 262 g/mol. The average Bonchev–Trinajstić information content (AvgIpc) is 2.72. The number of aromatic nitrogens is 2. The molecule has 96 valence electrons. The van der Waals surface area contributed by atoms with Gasteiger partial charge in [0.1, 0.15) is 5.75 Å². The highest BCUT2D eigenvalue weighted by atomic mass is 32.1. The number of nitrogens with zero attached hydrogens (tertiary/aromatic N) is 1. The molecule has 1 aromatic carbocycles. The van der Waals surface area contributed by atoms with E-state index in [1.165, 1.54) is 0 Å². The Kier molecular flexibility index (Phi) is 3.87. The Bertz CT molecular complexity index is 583.